The average molecular weight is 331 g/mol. The summed E-state index contributed by atoms with van der Waals surface area (Å²) in [6.45, 7) is 0.223. The van der Waals surface area contributed by atoms with Crippen LogP contribution < -0.4 is 5.73 Å². The first kappa shape index (κ1) is 19.1. The summed E-state index contributed by atoms with van der Waals surface area (Å²) in [5.74, 6) is -1.07. The molecule has 9 nitrogen and oxygen atoms in total. The van der Waals surface area contributed by atoms with Crippen molar-refractivity contribution in [2.24, 2.45) is 10.9 Å². The molecule has 3 N–H and O–H groups in total. The number of nitrogens with two attached hydrogens (primary N) is 1. The van der Waals surface area contributed by atoms with E-state index < -0.39 is 31.4 Å². The number of ether oxygens (including phenoxy) is 1. The van der Waals surface area contributed by atoms with Gasteiger partial charge in [0.2, 0.25) is 10.0 Å². The number of hydrogen-bond donors (Lipinski definition) is 2. The number of nitrogens with zero attached hydrogens (tertiary/aromatic N) is 2. The second-order valence-electron chi connectivity index (χ2n) is 4.18. The normalized spacial score (nSPS) is 13.8. The van der Waals surface area contributed by atoms with Crippen molar-refractivity contribution in [2.45, 2.75) is 6.42 Å². The van der Waals surface area contributed by atoms with E-state index in [4.69, 9.17) is 15.7 Å². The van der Waals surface area contributed by atoms with Gasteiger partial charge in [-0.25, -0.2) is 16.8 Å². The van der Waals surface area contributed by atoms with E-state index in [2.05, 4.69) is 5.16 Å². The zero-order valence-corrected chi connectivity index (χ0v) is 13.2. The summed E-state index contributed by atoms with van der Waals surface area (Å²) in [4.78, 5) is 0. The lowest BCUT2D eigenvalue weighted by atomic mass is 10.4. The first-order valence-corrected chi connectivity index (χ1v) is 9.40. The Labute approximate surface area is 119 Å². The molecule has 0 aromatic carbocycles. The van der Waals surface area contributed by atoms with Gasteiger partial charge in [0.15, 0.2) is 0 Å². The van der Waals surface area contributed by atoms with E-state index in [0.717, 1.165) is 10.6 Å². The summed E-state index contributed by atoms with van der Waals surface area (Å²) in [6, 6.07) is 0. The maximum absolute atomic E-state index is 12.0. The van der Waals surface area contributed by atoms with Gasteiger partial charge in [0.1, 0.15) is 15.7 Å². The number of hydrogen-bond acceptors (Lipinski definition) is 7. The van der Waals surface area contributed by atoms with Crippen molar-refractivity contribution in [1.29, 1.82) is 0 Å². The fourth-order valence-corrected chi connectivity index (χ4v) is 4.29. The van der Waals surface area contributed by atoms with Gasteiger partial charge in [-0.3, -0.25) is 0 Å². The van der Waals surface area contributed by atoms with Crippen LogP contribution in [-0.4, -0.2) is 76.8 Å². The number of oxime groups is 1. The highest BCUT2D eigenvalue weighted by Crippen LogP contribution is 2.04. The van der Waals surface area contributed by atoms with Crippen LogP contribution in [0.3, 0.4) is 0 Å². The van der Waals surface area contributed by atoms with Crippen molar-refractivity contribution < 1.29 is 26.8 Å². The van der Waals surface area contributed by atoms with E-state index in [-0.39, 0.29) is 32.0 Å². The topological polar surface area (TPSA) is 139 Å². The van der Waals surface area contributed by atoms with Crippen LogP contribution in [-0.2, 0) is 24.6 Å². The Bertz CT molecular complexity index is 514. The number of sulfonamides is 1. The molecule has 0 unspecified atom stereocenters. The van der Waals surface area contributed by atoms with Crippen molar-refractivity contribution in [1.82, 2.24) is 4.31 Å². The van der Waals surface area contributed by atoms with Crippen LogP contribution in [0.2, 0.25) is 0 Å². The Balaban J connectivity index is 4.81. The molecule has 0 rings (SSSR count). The summed E-state index contributed by atoms with van der Waals surface area (Å²) in [7, 11) is -5.70. The van der Waals surface area contributed by atoms with Crippen LogP contribution in [0.15, 0.2) is 5.16 Å². The highest BCUT2D eigenvalue weighted by Gasteiger charge is 2.23. The second-order valence-corrected chi connectivity index (χ2v) is 8.53. The third kappa shape index (κ3) is 8.30. The largest absolute Gasteiger partial charge is 0.409 e. The van der Waals surface area contributed by atoms with E-state index in [0.29, 0.717) is 0 Å². The molecule has 11 heteroatoms. The zero-order chi connectivity index (χ0) is 15.8. The quantitative estimate of drug-likeness (QED) is 0.214. The van der Waals surface area contributed by atoms with Gasteiger partial charge < -0.3 is 15.7 Å². The van der Waals surface area contributed by atoms with Crippen LogP contribution >= 0.6 is 0 Å². The van der Waals surface area contributed by atoms with Gasteiger partial charge in [-0.15, -0.1) is 0 Å². The smallest absolute Gasteiger partial charge is 0.215 e. The van der Waals surface area contributed by atoms with Gasteiger partial charge in [-0.05, 0) is 0 Å². The van der Waals surface area contributed by atoms with Crippen LogP contribution in [0.1, 0.15) is 6.42 Å². The summed E-state index contributed by atoms with van der Waals surface area (Å²) < 4.78 is 52.1. The number of rotatable bonds is 10. The number of methoxy groups -OCH3 is 1. The molecule has 0 atom stereocenters. The molecule has 0 spiro atoms. The van der Waals surface area contributed by atoms with Crippen molar-refractivity contribution in [2.75, 3.05) is 44.6 Å². The van der Waals surface area contributed by atoms with Crippen LogP contribution in [0.4, 0.5) is 0 Å². The van der Waals surface area contributed by atoms with Gasteiger partial charge in [0, 0.05) is 32.9 Å². The maximum atomic E-state index is 12.0. The molecule has 120 valence electrons. The Morgan fingerprint density at radius 3 is 2.30 bits per heavy atom. The summed E-state index contributed by atoms with van der Waals surface area (Å²) >= 11 is 0. The molecule has 0 amide bonds. The molecular weight excluding hydrogens is 310 g/mol. The van der Waals surface area contributed by atoms with Crippen LogP contribution in [0, 0.1) is 0 Å². The van der Waals surface area contributed by atoms with Crippen LogP contribution in [0.5, 0.6) is 0 Å². The third-order valence-electron chi connectivity index (χ3n) is 2.40. The predicted molar refractivity (Wildman–Crippen MR) is 75.0 cm³/mol. The fraction of sp³-hybridized carbons (Fsp3) is 0.889. The van der Waals surface area contributed by atoms with Crippen molar-refractivity contribution in [3.63, 3.8) is 0 Å². The molecule has 0 fully saturated rings. The lowest BCUT2D eigenvalue weighted by Crippen LogP contribution is -2.39. The third-order valence-corrected chi connectivity index (χ3v) is 5.47. The highest BCUT2D eigenvalue weighted by atomic mass is 32.2. The van der Waals surface area contributed by atoms with E-state index >= 15 is 0 Å². The molecule has 0 aliphatic rings. The SMILES string of the molecule is COCCN(CCC(N)=NO)S(=O)(=O)CCS(C)(=O)=O. The number of sulfone groups is 1. The lowest BCUT2D eigenvalue weighted by Gasteiger charge is -2.21. The summed E-state index contributed by atoms with van der Waals surface area (Å²) in [5, 5.41) is 11.2. The van der Waals surface area contributed by atoms with E-state index in [9.17, 15) is 16.8 Å². The molecule has 0 saturated carbocycles. The van der Waals surface area contributed by atoms with E-state index in [1.54, 1.807) is 0 Å². The summed E-state index contributed by atoms with van der Waals surface area (Å²) in [6.07, 6.45) is 1.01. The van der Waals surface area contributed by atoms with Crippen molar-refractivity contribution in [3.8, 4) is 0 Å². The van der Waals surface area contributed by atoms with E-state index in [1.807, 2.05) is 0 Å². The Morgan fingerprint density at radius 1 is 1.25 bits per heavy atom. The van der Waals surface area contributed by atoms with Gasteiger partial charge >= 0.3 is 0 Å². The molecular formula is C9H21N3O6S2. The van der Waals surface area contributed by atoms with Gasteiger partial charge in [-0.1, -0.05) is 5.16 Å². The molecule has 0 bridgehead atoms. The second kappa shape index (κ2) is 8.39. The molecule has 0 saturated heterocycles. The Kier molecular flexibility index (Phi) is 8.01. The Morgan fingerprint density at radius 2 is 1.85 bits per heavy atom. The lowest BCUT2D eigenvalue weighted by molar-refractivity contribution is 0.179. The Hall–Kier alpha value is -0.910. The first-order valence-electron chi connectivity index (χ1n) is 5.73. The van der Waals surface area contributed by atoms with Crippen molar-refractivity contribution >= 4 is 25.7 Å². The molecule has 0 heterocycles. The molecule has 0 aromatic heterocycles. The monoisotopic (exact) mass is 331 g/mol. The zero-order valence-electron chi connectivity index (χ0n) is 11.5. The molecule has 0 aromatic rings. The minimum Gasteiger partial charge on any atom is -0.409 e. The predicted octanol–water partition coefficient (Wildman–Crippen LogP) is -1.55. The van der Waals surface area contributed by atoms with E-state index in [1.165, 1.54) is 7.11 Å². The van der Waals surface area contributed by atoms with Crippen molar-refractivity contribution in [3.05, 3.63) is 0 Å². The minimum atomic E-state index is -3.75. The molecule has 0 aliphatic heterocycles. The van der Waals surface area contributed by atoms with Gasteiger partial charge in [-0.2, -0.15) is 4.31 Å². The first-order chi connectivity index (χ1) is 9.12. The number of amidine groups is 1. The fourth-order valence-electron chi connectivity index (χ4n) is 1.26. The standard InChI is InChI=1S/C9H21N3O6S2/c1-18-6-5-12(4-3-9(10)11-13)20(16,17)8-7-19(2,14)15/h13H,3-8H2,1-2H3,(H2,10,11). The summed E-state index contributed by atoms with van der Waals surface area (Å²) in [5.41, 5.74) is 5.29. The van der Waals surface area contributed by atoms with Gasteiger partial charge in [0.25, 0.3) is 0 Å². The molecule has 0 radical (unpaired) electrons. The average Bonchev–Trinajstić information content (AvgIpc) is 2.35. The highest BCUT2D eigenvalue weighted by molar-refractivity contribution is 7.93. The minimum absolute atomic E-state index is 0.00858. The molecule has 20 heavy (non-hydrogen) atoms. The van der Waals surface area contributed by atoms with Gasteiger partial charge in [0.05, 0.1) is 18.1 Å². The van der Waals surface area contributed by atoms with Crippen LogP contribution in [0.25, 0.3) is 0 Å². The maximum Gasteiger partial charge on any atom is 0.215 e. The molecule has 0 aliphatic carbocycles.